The summed E-state index contributed by atoms with van der Waals surface area (Å²) in [6.07, 6.45) is 3.85. The number of hydrogen-bond donors (Lipinski definition) is 2. The minimum absolute atomic E-state index is 0.796. The molecule has 2 N–H and O–H groups in total. The van der Waals surface area contributed by atoms with Crippen molar-refractivity contribution in [3.63, 3.8) is 0 Å². The highest BCUT2D eigenvalue weighted by atomic mass is 15.2. The Balaban J connectivity index is 2.62. The molecule has 0 unspecified atom stereocenters. The predicted molar refractivity (Wildman–Crippen MR) is 71.2 cm³/mol. The van der Waals surface area contributed by atoms with Gasteiger partial charge in [-0.3, -0.25) is 10.6 Å². The molecule has 0 aromatic heterocycles. The van der Waals surface area contributed by atoms with Crippen LogP contribution in [0.15, 0.2) is 60.7 Å². The van der Waals surface area contributed by atoms with Crippen molar-refractivity contribution in [1.29, 1.82) is 10.5 Å². The topological polar surface area (TPSA) is 71.6 Å². The Morgan fingerprint density at radius 1 is 0.684 bits per heavy atom. The highest BCUT2D eigenvalue weighted by Gasteiger charge is 2.33. The molecule has 0 atom stereocenters. The molecule has 0 saturated carbocycles. The monoisotopic (exact) mass is 248 g/mol. The number of nitrogens with one attached hydrogen (secondary N) is 2. The number of nitrogens with zero attached hydrogens (tertiary/aromatic N) is 2. The molecule has 19 heavy (non-hydrogen) atoms. The highest BCUT2D eigenvalue weighted by Crippen LogP contribution is 2.26. The molecule has 0 aliphatic carbocycles. The first-order valence-electron chi connectivity index (χ1n) is 5.77. The first kappa shape index (κ1) is 12.5. The number of nitriles is 2. The standard InChI is InChI=1S/C15H12N4/c16-11-18-15(19-12-17,13-7-3-1-4-8-13)14-9-5-2-6-10-14/h1-10,18-19H. The molecular formula is C15H12N4. The van der Waals surface area contributed by atoms with E-state index in [4.69, 9.17) is 10.5 Å². The Morgan fingerprint density at radius 2 is 1.05 bits per heavy atom. The van der Waals surface area contributed by atoms with Crippen LogP contribution in [0.2, 0.25) is 0 Å². The fraction of sp³-hybridized carbons (Fsp3) is 0.0667. The quantitative estimate of drug-likeness (QED) is 0.493. The Kier molecular flexibility index (Phi) is 3.66. The molecule has 0 amide bonds. The Labute approximate surface area is 111 Å². The summed E-state index contributed by atoms with van der Waals surface area (Å²) < 4.78 is 0. The Morgan fingerprint density at radius 3 is 1.37 bits per heavy atom. The molecule has 0 bridgehead atoms. The third-order valence-corrected chi connectivity index (χ3v) is 2.90. The molecule has 0 aliphatic rings. The maximum atomic E-state index is 9.04. The molecular weight excluding hydrogens is 236 g/mol. The van der Waals surface area contributed by atoms with E-state index < -0.39 is 5.66 Å². The van der Waals surface area contributed by atoms with E-state index in [2.05, 4.69) is 10.6 Å². The van der Waals surface area contributed by atoms with Gasteiger partial charge in [-0.2, -0.15) is 10.5 Å². The van der Waals surface area contributed by atoms with Crippen molar-refractivity contribution in [3.05, 3.63) is 71.8 Å². The third kappa shape index (κ3) is 2.34. The van der Waals surface area contributed by atoms with E-state index >= 15 is 0 Å². The van der Waals surface area contributed by atoms with Crippen molar-refractivity contribution in [1.82, 2.24) is 10.6 Å². The van der Waals surface area contributed by atoms with Crippen molar-refractivity contribution in [2.45, 2.75) is 5.66 Å². The van der Waals surface area contributed by atoms with Crippen LogP contribution in [0.25, 0.3) is 0 Å². The minimum atomic E-state index is -1.04. The second-order valence-electron chi connectivity index (χ2n) is 3.96. The van der Waals surface area contributed by atoms with E-state index in [0.29, 0.717) is 0 Å². The SMILES string of the molecule is N#CNC(NC#N)(c1ccccc1)c1ccccc1. The van der Waals surface area contributed by atoms with Crippen LogP contribution >= 0.6 is 0 Å². The van der Waals surface area contributed by atoms with Gasteiger partial charge in [0.15, 0.2) is 18.0 Å². The van der Waals surface area contributed by atoms with Crippen molar-refractivity contribution in [3.8, 4) is 12.4 Å². The molecule has 2 rings (SSSR count). The van der Waals surface area contributed by atoms with Gasteiger partial charge in [0.05, 0.1) is 0 Å². The lowest BCUT2D eigenvalue weighted by molar-refractivity contribution is 0.420. The lowest BCUT2D eigenvalue weighted by atomic mass is 9.91. The van der Waals surface area contributed by atoms with Crippen LogP contribution in [0.3, 0.4) is 0 Å². The molecule has 0 fully saturated rings. The second kappa shape index (κ2) is 5.57. The van der Waals surface area contributed by atoms with Crippen LogP contribution in [0.4, 0.5) is 0 Å². The van der Waals surface area contributed by atoms with Gasteiger partial charge < -0.3 is 0 Å². The highest BCUT2D eigenvalue weighted by molar-refractivity contribution is 5.39. The maximum absolute atomic E-state index is 9.04. The second-order valence-corrected chi connectivity index (χ2v) is 3.96. The van der Waals surface area contributed by atoms with Crippen LogP contribution in [0.5, 0.6) is 0 Å². The van der Waals surface area contributed by atoms with Gasteiger partial charge in [0.25, 0.3) is 0 Å². The summed E-state index contributed by atoms with van der Waals surface area (Å²) in [5.41, 5.74) is 0.556. The molecule has 0 saturated heterocycles. The first-order valence-corrected chi connectivity index (χ1v) is 5.77. The van der Waals surface area contributed by atoms with Gasteiger partial charge in [0.1, 0.15) is 0 Å². The third-order valence-electron chi connectivity index (χ3n) is 2.90. The van der Waals surface area contributed by atoms with Gasteiger partial charge in [-0.15, -0.1) is 0 Å². The fourth-order valence-corrected chi connectivity index (χ4v) is 2.03. The van der Waals surface area contributed by atoms with Crippen LogP contribution < -0.4 is 10.6 Å². The van der Waals surface area contributed by atoms with Gasteiger partial charge in [0, 0.05) is 11.1 Å². The fourth-order valence-electron chi connectivity index (χ4n) is 2.03. The zero-order valence-corrected chi connectivity index (χ0v) is 10.2. The molecule has 4 heteroatoms. The molecule has 2 aromatic carbocycles. The van der Waals surface area contributed by atoms with Crippen LogP contribution in [0.1, 0.15) is 11.1 Å². The number of hydrogen-bond acceptors (Lipinski definition) is 4. The maximum Gasteiger partial charge on any atom is 0.179 e. The lowest BCUT2D eigenvalue weighted by Crippen LogP contribution is -2.51. The summed E-state index contributed by atoms with van der Waals surface area (Å²) in [5.74, 6) is 0. The zero-order chi connectivity index (χ0) is 13.6. The summed E-state index contributed by atoms with van der Waals surface area (Å²) in [6, 6.07) is 18.7. The van der Waals surface area contributed by atoms with E-state index in [-0.39, 0.29) is 0 Å². The zero-order valence-electron chi connectivity index (χ0n) is 10.2. The molecule has 0 heterocycles. The smallest absolute Gasteiger partial charge is 0.179 e. The van der Waals surface area contributed by atoms with E-state index in [1.165, 1.54) is 0 Å². The van der Waals surface area contributed by atoms with Gasteiger partial charge in [-0.25, -0.2) is 0 Å². The van der Waals surface area contributed by atoms with E-state index in [1.54, 1.807) is 0 Å². The number of rotatable bonds is 4. The lowest BCUT2D eigenvalue weighted by Gasteiger charge is -2.32. The van der Waals surface area contributed by atoms with Crippen LogP contribution in [-0.2, 0) is 5.66 Å². The average Bonchev–Trinajstić information content (AvgIpc) is 2.49. The molecule has 2 aromatic rings. The normalized spacial score (nSPS) is 10.0. The van der Waals surface area contributed by atoms with Crippen LogP contribution in [0, 0.1) is 22.9 Å². The van der Waals surface area contributed by atoms with Crippen molar-refractivity contribution < 1.29 is 0 Å². The average molecular weight is 248 g/mol. The predicted octanol–water partition coefficient (Wildman–Crippen LogP) is 2.03. The summed E-state index contributed by atoms with van der Waals surface area (Å²) in [6.45, 7) is 0. The van der Waals surface area contributed by atoms with Gasteiger partial charge in [0.2, 0.25) is 0 Å². The summed E-state index contributed by atoms with van der Waals surface area (Å²) in [7, 11) is 0. The minimum Gasteiger partial charge on any atom is -0.291 e. The van der Waals surface area contributed by atoms with Gasteiger partial charge in [-0.1, -0.05) is 60.7 Å². The molecule has 0 spiro atoms. The molecule has 0 radical (unpaired) electrons. The van der Waals surface area contributed by atoms with E-state index in [9.17, 15) is 0 Å². The summed E-state index contributed by atoms with van der Waals surface area (Å²) >= 11 is 0. The Bertz CT molecular complexity index is 551. The largest absolute Gasteiger partial charge is 0.291 e. The molecule has 0 aliphatic heterocycles. The van der Waals surface area contributed by atoms with Crippen LogP contribution in [-0.4, -0.2) is 0 Å². The molecule has 92 valence electrons. The van der Waals surface area contributed by atoms with Crippen molar-refractivity contribution in [2.24, 2.45) is 0 Å². The summed E-state index contributed by atoms with van der Waals surface area (Å²) in [5, 5.41) is 23.5. The summed E-state index contributed by atoms with van der Waals surface area (Å²) in [4.78, 5) is 0. The van der Waals surface area contributed by atoms with Crippen molar-refractivity contribution in [2.75, 3.05) is 0 Å². The Hall–Kier alpha value is -2.98. The van der Waals surface area contributed by atoms with Gasteiger partial charge in [-0.05, 0) is 0 Å². The van der Waals surface area contributed by atoms with Crippen molar-refractivity contribution >= 4 is 0 Å². The molecule has 4 nitrogen and oxygen atoms in total. The van der Waals surface area contributed by atoms with E-state index in [0.717, 1.165) is 11.1 Å². The first-order chi connectivity index (χ1) is 9.33. The number of benzene rings is 2. The van der Waals surface area contributed by atoms with Gasteiger partial charge >= 0.3 is 0 Å². The van der Waals surface area contributed by atoms with E-state index in [1.807, 2.05) is 73.0 Å².